The van der Waals surface area contributed by atoms with Crippen LogP contribution >= 0.6 is 12.2 Å². The van der Waals surface area contributed by atoms with Gasteiger partial charge in [-0.25, -0.2) is 4.68 Å². The monoisotopic (exact) mass is 390 g/mol. The van der Waals surface area contributed by atoms with Gasteiger partial charge in [0.15, 0.2) is 10.8 Å². The van der Waals surface area contributed by atoms with Crippen LogP contribution in [-0.4, -0.2) is 52.9 Å². The topological polar surface area (TPSA) is 91.3 Å². The Labute approximate surface area is 163 Å². The minimum Gasteiger partial charge on any atom is -0.360 e. The fourth-order valence-corrected chi connectivity index (χ4v) is 2.63. The molecule has 0 saturated heterocycles. The molecule has 1 aromatic carbocycles. The molecule has 1 aromatic heterocycles. The van der Waals surface area contributed by atoms with Gasteiger partial charge in [-0.05, 0) is 38.8 Å². The molecule has 0 aliphatic heterocycles. The van der Waals surface area contributed by atoms with Crippen LogP contribution in [0.25, 0.3) is 10.8 Å². The zero-order valence-electron chi connectivity index (χ0n) is 15.9. The van der Waals surface area contributed by atoms with Crippen molar-refractivity contribution in [2.75, 3.05) is 27.2 Å². The number of rotatable bonds is 7. The third-order valence-electron chi connectivity index (χ3n) is 3.94. The molecule has 0 spiro atoms. The minimum absolute atomic E-state index is 0.185. The fraction of sp³-hybridized carbons (Fsp3) is 0.444. The molecule has 0 aliphatic rings. The molecule has 0 atom stereocenters. The van der Waals surface area contributed by atoms with Gasteiger partial charge in [0.1, 0.15) is 0 Å². The lowest BCUT2D eigenvalue weighted by Gasteiger charge is -2.14. The van der Waals surface area contributed by atoms with Crippen molar-refractivity contribution < 1.29 is 4.79 Å². The summed E-state index contributed by atoms with van der Waals surface area (Å²) < 4.78 is 1.36. The Morgan fingerprint density at radius 2 is 1.93 bits per heavy atom. The van der Waals surface area contributed by atoms with Crippen molar-refractivity contribution in [3.8, 4) is 0 Å². The van der Waals surface area contributed by atoms with E-state index in [1.54, 1.807) is 24.3 Å². The van der Waals surface area contributed by atoms with Gasteiger partial charge in [-0.3, -0.25) is 20.4 Å². The van der Waals surface area contributed by atoms with E-state index in [2.05, 4.69) is 21.3 Å². The Balaban J connectivity index is 2.16. The lowest BCUT2D eigenvalue weighted by atomic mass is 10.1. The lowest BCUT2D eigenvalue weighted by molar-refractivity contribution is 0.0938. The molecule has 2 aromatic rings. The van der Waals surface area contributed by atoms with Crippen molar-refractivity contribution in [2.24, 2.45) is 0 Å². The molecular weight excluding hydrogens is 364 g/mol. The summed E-state index contributed by atoms with van der Waals surface area (Å²) in [5.41, 5.74) is 5.21. The number of amides is 1. The number of aryl methyl sites for hydroxylation is 1. The highest BCUT2D eigenvalue weighted by molar-refractivity contribution is 7.80. The molecule has 0 fully saturated rings. The number of nitrogens with zero attached hydrogens (tertiary/aromatic N) is 3. The molecule has 1 heterocycles. The lowest BCUT2D eigenvalue weighted by Crippen LogP contribution is -2.48. The number of hydrogen-bond acceptors (Lipinski definition) is 5. The summed E-state index contributed by atoms with van der Waals surface area (Å²) in [6.07, 6.45) is 1.74. The Hall–Kier alpha value is -2.52. The average Bonchev–Trinajstić information content (AvgIpc) is 2.65. The van der Waals surface area contributed by atoms with Gasteiger partial charge in [0.05, 0.1) is 5.39 Å². The zero-order valence-corrected chi connectivity index (χ0v) is 16.7. The van der Waals surface area contributed by atoms with Crippen LogP contribution in [0.15, 0.2) is 29.1 Å². The Morgan fingerprint density at radius 3 is 2.59 bits per heavy atom. The van der Waals surface area contributed by atoms with E-state index in [9.17, 15) is 9.59 Å². The third-order valence-corrected chi connectivity index (χ3v) is 4.19. The quantitative estimate of drug-likeness (QED) is 0.477. The number of hydrazine groups is 1. The van der Waals surface area contributed by atoms with Gasteiger partial charge >= 0.3 is 0 Å². The van der Waals surface area contributed by atoms with E-state index in [0.29, 0.717) is 29.0 Å². The smallest absolute Gasteiger partial charge is 0.290 e. The summed E-state index contributed by atoms with van der Waals surface area (Å²) in [5.74, 6) is -0.451. The van der Waals surface area contributed by atoms with Crippen LogP contribution in [0.4, 0.5) is 0 Å². The van der Waals surface area contributed by atoms with Crippen LogP contribution in [-0.2, 0) is 6.54 Å². The fourth-order valence-electron chi connectivity index (χ4n) is 2.47. The first-order chi connectivity index (χ1) is 12.9. The van der Waals surface area contributed by atoms with E-state index in [1.807, 2.05) is 25.9 Å². The van der Waals surface area contributed by atoms with Crippen LogP contribution in [0.5, 0.6) is 0 Å². The summed E-state index contributed by atoms with van der Waals surface area (Å²) in [5, 5.41) is 8.58. The molecule has 0 radical (unpaired) electrons. The number of benzene rings is 1. The molecule has 0 unspecified atom stereocenters. The number of nitrogens with one attached hydrogen (secondary N) is 3. The molecule has 0 bridgehead atoms. The van der Waals surface area contributed by atoms with E-state index < -0.39 is 5.91 Å². The van der Waals surface area contributed by atoms with Gasteiger partial charge < -0.3 is 10.2 Å². The highest BCUT2D eigenvalue weighted by Gasteiger charge is 2.16. The number of fused-ring (bicyclic) bond motifs is 1. The highest BCUT2D eigenvalue weighted by atomic mass is 32.1. The number of thiocarbonyl (C=S) groups is 1. The van der Waals surface area contributed by atoms with E-state index >= 15 is 0 Å². The molecule has 0 aliphatic carbocycles. The summed E-state index contributed by atoms with van der Waals surface area (Å²) in [6.45, 7) is 3.97. The van der Waals surface area contributed by atoms with Crippen LogP contribution < -0.4 is 21.7 Å². The van der Waals surface area contributed by atoms with Crippen molar-refractivity contribution in [1.29, 1.82) is 0 Å². The zero-order chi connectivity index (χ0) is 19.8. The van der Waals surface area contributed by atoms with Gasteiger partial charge in [0.25, 0.3) is 11.5 Å². The SMILES string of the molecule is CCCCn1nc(C(=O)NNC(=S)NCCN(C)C)c2ccccc2c1=O. The first-order valence-electron chi connectivity index (χ1n) is 8.92. The van der Waals surface area contributed by atoms with E-state index in [4.69, 9.17) is 12.2 Å². The minimum atomic E-state index is -0.451. The van der Waals surface area contributed by atoms with E-state index in [0.717, 1.165) is 19.4 Å². The molecule has 3 N–H and O–H groups in total. The first-order valence-corrected chi connectivity index (χ1v) is 9.33. The normalized spacial score (nSPS) is 10.8. The second-order valence-corrected chi connectivity index (χ2v) is 6.82. The predicted molar refractivity (Wildman–Crippen MR) is 111 cm³/mol. The Bertz CT molecular complexity index is 865. The summed E-state index contributed by atoms with van der Waals surface area (Å²) in [4.78, 5) is 27.2. The van der Waals surface area contributed by atoms with Gasteiger partial charge in [-0.15, -0.1) is 0 Å². The Kier molecular flexibility index (Phi) is 7.68. The number of carbonyl (C=O) groups is 1. The number of hydrogen-bond donors (Lipinski definition) is 3. The van der Waals surface area contributed by atoms with Gasteiger partial charge in [0, 0.05) is 25.0 Å². The highest BCUT2D eigenvalue weighted by Crippen LogP contribution is 2.13. The molecule has 27 heavy (non-hydrogen) atoms. The van der Waals surface area contributed by atoms with Crippen molar-refractivity contribution in [2.45, 2.75) is 26.3 Å². The number of likely N-dealkylation sites (N-methyl/N-ethyl adjacent to an activating group) is 1. The second-order valence-electron chi connectivity index (χ2n) is 6.41. The predicted octanol–water partition coefficient (Wildman–Crippen LogP) is 0.867. The van der Waals surface area contributed by atoms with Crippen LogP contribution in [0.3, 0.4) is 0 Å². The molecular formula is C18H26N6O2S. The third kappa shape index (κ3) is 5.73. The maximum atomic E-state index is 12.6. The van der Waals surface area contributed by atoms with Crippen molar-refractivity contribution in [1.82, 2.24) is 30.8 Å². The van der Waals surface area contributed by atoms with Crippen molar-refractivity contribution >= 4 is 34.0 Å². The summed E-state index contributed by atoms with van der Waals surface area (Å²) in [7, 11) is 3.92. The molecule has 1 amide bonds. The van der Waals surface area contributed by atoms with Crippen LogP contribution in [0, 0.1) is 0 Å². The molecule has 9 heteroatoms. The van der Waals surface area contributed by atoms with Crippen LogP contribution in [0.1, 0.15) is 30.3 Å². The maximum Gasteiger partial charge on any atom is 0.290 e. The largest absolute Gasteiger partial charge is 0.360 e. The standard InChI is InChI=1S/C18H26N6O2S/c1-4-5-11-24-17(26)14-9-7-6-8-13(14)15(22-24)16(25)20-21-18(27)19-10-12-23(2)3/h6-9H,4-5,10-12H2,1-3H3,(H,20,25)(H2,19,21,27). The number of carbonyl (C=O) groups excluding carboxylic acids is 1. The van der Waals surface area contributed by atoms with Crippen molar-refractivity contribution in [3.05, 3.63) is 40.3 Å². The molecule has 0 saturated carbocycles. The summed E-state index contributed by atoms with van der Waals surface area (Å²) >= 11 is 5.14. The van der Waals surface area contributed by atoms with Gasteiger partial charge in [-0.1, -0.05) is 31.5 Å². The number of unbranched alkanes of at least 4 members (excludes halogenated alkanes) is 1. The second kappa shape index (κ2) is 9.98. The van der Waals surface area contributed by atoms with E-state index in [-0.39, 0.29) is 11.3 Å². The molecule has 8 nitrogen and oxygen atoms in total. The van der Waals surface area contributed by atoms with Gasteiger partial charge in [0.2, 0.25) is 0 Å². The van der Waals surface area contributed by atoms with Crippen LogP contribution in [0.2, 0.25) is 0 Å². The van der Waals surface area contributed by atoms with Gasteiger partial charge in [-0.2, -0.15) is 5.10 Å². The number of aromatic nitrogens is 2. The first kappa shape index (κ1) is 20.8. The summed E-state index contributed by atoms with van der Waals surface area (Å²) in [6, 6.07) is 6.98. The van der Waals surface area contributed by atoms with E-state index in [1.165, 1.54) is 4.68 Å². The molecule has 2 rings (SSSR count). The molecule has 146 valence electrons. The maximum absolute atomic E-state index is 12.6. The van der Waals surface area contributed by atoms with Crippen molar-refractivity contribution in [3.63, 3.8) is 0 Å². The Morgan fingerprint density at radius 1 is 1.22 bits per heavy atom. The average molecular weight is 391 g/mol.